The summed E-state index contributed by atoms with van der Waals surface area (Å²) in [6.45, 7) is 0.937. The van der Waals surface area contributed by atoms with Crippen LogP contribution < -0.4 is 9.91 Å². The van der Waals surface area contributed by atoms with Gasteiger partial charge in [-0.25, -0.2) is 15.0 Å². The number of hydrogen-bond donors (Lipinski definition) is 0. The Morgan fingerprint density at radius 3 is 2.93 bits per heavy atom. The molecule has 1 saturated carbocycles. The molecule has 27 heavy (non-hydrogen) atoms. The van der Waals surface area contributed by atoms with Crippen molar-refractivity contribution >= 4 is 29.3 Å². The number of benzene rings is 1. The van der Waals surface area contributed by atoms with Gasteiger partial charge in [0.05, 0.1) is 11.9 Å². The quantitative estimate of drug-likeness (QED) is 0.744. The van der Waals surface area contributed by atoms with Crippen LogP contribution in [0.4, 0.5) is 11.7 Å². The van der Waals surface area contributed by atoms with Crippen LogP contribution in [0.3, 0.4) is 0 Å². The molecule has 1 aromatic heterocycles. The molecule has 0 unspecified atom stereocenters. The van der Waals surface area contributed by atoms with Crippen molar-refractivity contribution in [3.63, 3.8) is 0 Å². The Hall–Kier alpha value is -2.78. The molecule has 10 heteroatoms. The zero-order valence-corrected chi connectivity index (χ0v) is 15.3. The third-order valence-electron chi connectivity index (χ3n) is 5.40. The van der Waals surface area contributed by atoms with Crippen LogP contribution in [0.1, 0.15) is 24.2 Å². The monoisotopic (exact) mass is 385 g/mol. The van der Waals surface area contributed by atoms with Crippen molar-refractivity contribution in [2.75, 3.05) is 30.4 Å². The average molecular weight is 386 g/mol. The Bertz CT molecular complexity index is 999. The van der Waals surface area contributed by atoms with Gasteiger partial charge in [-0.1, -0.05) is 17.3 Å². The van der Waals surface area contributed by atoms with E-state index in [4.69, 9.17) is 26.0 Å². The second-order valence-corrected chi connectivity index (χ2v) is 7.34. The van der Waals surface area contributed by atoms with Crippen LogP contribution in [0, 0.1) is 0 Å². The molecule has 0 radical (unpaired) electrons. The maximum absolute atomic E-state index is 6.29. The third-order valence-corrected chi connectivity index (χ3v) is 5.60. The molecular weight excluding hydrogens is 370 g/mol. The van der Waals surface area contributed by atoms with Gasteiger partial charge in [0, 0.05) is 24.4 Å². The Morgan fingerprint density at radius 1 is 1.26 bits per heavy atom. The number of para-hydroxylation sites is 1. The minimum Gasteiger partial charge on any atom is -0.370 e. The first kappa shape index (κ1) is 15.3. The molecule has 4 aliphatic rings. The number of anilines is 2. The lowest BCUT2D eigenvalue weighted by molar-refractivity contribution is 0.0689. The minimum absolute atomic E-state index is 0.388. The molecule has 1 aliphatic carbocycles. The van der Waals surface area contributed by atoms with Gasteiger partial charge >= 0.3 is 6.01 Å². The van der Waals surface area contributed by atoms with Crippen LogP contribution in [-0.4, -0.2) is 45.9 Å². The number of nitrogens with zero attached hydrogens (tertiary/aromatic N) is 7. The standard InChI is InChI=1S/C17H16ClN7O2/c1-26-17(6-7-17)15-20-16(27-21-15)24-9-19-14-11-4-2-3-5-12(11)23-10-22(18)8-13(23)25(14)24/h2-5,8H,6-7,9-10H2,1H3. The maximum Gasteiger partial charge on any atom is 0.345 e. The third kappa shape index (κ3) is 2.00. The van der Waals surface area contributed by atoms with Gasteiger partial charge in [0.25, 0.3) is 0 Å². The molecule has 2 aromatic rings. The number of methoxy groups -OCH3 is 1. The molecule has 9 nitrogen and oxygen atoms in total. The smallest absolute Gasteiger partial charge is 0.345 e. The van der Waals surface area contributed by atoms with Crippen molar-refractivity contribution in [1.29, 1.82) is 0 Å². The van der Waals surface area contributed by atoms with E-state index in [-0.39, 0.29) is 0 Å². The van der Waals surface area contributed by atoms with Crippen LogP contribution in [0.2, 0.25) is 0 Å². The van der Waals surface area contributed by atoms with Crippen LogP contribution >= 0.6 is 11.8 Å². The highest BCUT2D eigenvalue weighted by Gasteiger charge is 2.50. The van der Waals surface area contributed by atoms with E-state index in [0.717, 1.165) is 35.7 Å². The van der Waals surface area contributed by atoms with Crippen molar-refractivity contribution in [3.05, 3.63) is 47.7 Å². The molecular formula is C17H16ClN7O2. The second kappa shape index (κ2) is 5.14. The van der Waals surface area contributed by atoms with E-state index in [9.17, 15) is 0 Å². The molecule has 4 heterocycles. The van der Waals surface area contributed by atoms with E-state index in [1.807, 2.05) is 28.4 Å². The van der Waals surface area contributed by atoms with E-state index in [1.165, 1.54) is 0 Å². The summed E-state index contributed by atoms with van der Waals surface area (Å²) >= 11 is 6.29. The number of hydrogen-bond acceptors (Lipinski definition) is 9. The van der Waals surface area contributed by atoms with E-state index < -0.39 is 5.60 Å². The van der Waals surface area contributed by atoms with Gasteiger partial charge in [0.1, 0.15) is 18.9 Å². The molecule has 1 fully saturated rings. The molecule has 0 bridgehead atoms. The number of aliphatic imine (C=N–C) groups is 1. The predicted octanol–water partition coefficient (Wildman–Crippen LogP) is 2.19. The fraction of sp³-hybridized carbons (Fsp3) is 0.353. The Balaban J connectivity index is 1.42. The summed E-state index contributed by atoms with van der Waals surface area (Å²) in [5.41, 5.74) is 1.72. The Kier molecular flexibility index (Phi) is 2.91. The number of fused-ring (bicyclic) bond motifs is 6. The van der Waals surface area contributed by atoms with Crippen LogP contribution in [0.15, 0.2) is 45.8 Å². The van der Waals surface area contributed by atoms with Crippen molar-refractivity contribution in [1.82, 2.24) is 19.6 Å². The first-order valence-corrected chi connectivity index (χ1v) is 9.06. The molecule has 0 N–H and O–H groups in total. The Labute approximate surface area is 160 Å². The van der Waals surface area contributed by atoms with E-state index in [1.54, 1.807) is 11.5 Å². The molecule has 0 saturated heterocycles. The summed E-state index contributed by atoms with van der Waals surface area (Å²) in [6.07, 6.45) is 3.68. The number of rotatable bonds is 3. The largest absolute Gasteiger partial charge is 0.370 e. The molecule has 3 aliphatic heterocycles. The first-order valence-electron chi connectivity index (χ1n) is 8.73. The number of hydrazine groups is 1. The highest BCUT2D eigenvalue weighted by Crippen LogP contribution is 2.48. The van der Waals surface area contributed by atoms with Gasteiger partial charge in [-0.15, -0.1) is 0 Å². The van der Waals surface area contributed by atoms with Crippen LogP contribution in [0.5, 0.6) is 0 Å². The second-order valence-electron chi connectivity index (χ2n) is 6.91. The van der Waals surface area contributed by atoms with Crippen molar-refractivity contribution in [2.24, 2.45) is 4.99 Å². The van der Waals surface area contributed by atoms with Crippen molar-refractivity contribution in [2.45, 2.75) is 18.4 Å². The summed E-state index contributed by atoms with van der Waals surface area (Å²) in [6, 6.07) is 8.54. The van der Waals surface area contributed by atoms with Crippen LogP contribution in [0.25, 0.3) is 0 Å². The van der Waals surface area contributed by atoms with Crippen molar-refractivity contribution in [3.8, 4) is 0 Å². The lowest BCUT2D eigenvalue weighted by Gasteiger charge is -2.38. The van der Waals surface area contributed by atoms with Gasteiger partial charge in [0.2, 0.25) is 5.82 Å². The molecule has 6 rings (SSSR count). The Morgan fingerprint density at radius 2 is 2.11 bits per heavy atom. The fourth-order valence-corrected chi connectivity index (χ4v) is 4.00. The maximum atomic E-state index is 6.29. The average Bonchev–Trinajstić information content (AvgIpc) is 3.03. The molecule has 0 amide bonds. The van der Waals surface area contributed by atoms with Crippen molar-refractivity contribution < 1.29 is 9.26 Å². The van der Waals surface area contributed by atoms with E-state index in [0.29, 0.717) is 25.2 Å². The highest BCUT2D eigenvalue weighted by atomic mass is 35.5. The summed E-state index contributed by atoms with van der Waals surface area (Å²) < 4.78 is 12.7. The zero-order chi connectivity index (χ0) is 18.2. The lowest BCUT2D eigenvalue weighted by atomic mass is 10.1. The van der Waals surface area contributed by atoms with E-state index >= 15 is 0 Å². The summed E-state index contributed by atoms with van der Waals surface area (Å²) in [5, 5.41) is 7.99. The van der Waals surface area contributed by atoms with Gasteiger partial charge < -0.3 is 14.2 Å². The zero-order valence-electron chi connectivity index (χ0n) is 14.5. The van der Waals surface area contributed by atoms with Gasteiger partial charge in [0.15, 0.2) is 11.7 Å². The first-order chi connectivity index (χ1) is 13.2. The van der Waals surface area contributed by atoms with Gasteiger partial charge in [-0.05, 0) is 25.0 Å². The van der Waals surface area contributed by atoms with E-state index in [2.05, 4.69) is 27.2 Å². The summed E-state index contributed by atoms with van der Waals surface area (Å²) in [5.74, 6) is 2.32. The SMILES string of the molecule is COC1(c2noc(N3CN=C4c5ccccc5N5CN(Cl)C=C5N43)n2)CC1. The predicted molar refractivity (Wildman–Crippen MR) is 97.5 cm³/mol. The molecule has 0 spiro atoms. The van der Waals surface area contributed by atoms with Gasteiger partial charge in [-0.3, -0.25) is 4.42 Å². The fourth-order valence-electron chi connectivity index (χ4n) is 3.80. The molecule has 1 aromatic carbocycles. The van der Waals surface area contributed by atoms with Gasteiger partial charge in [-0.2, -0.15) is 4.98 Å². The van der Waals surface area contributed by atoms with Crippen LogP contribution in [-0.2, 0) is 10.3 Å². The molecule has 0 atom stereocenters. The topological polar surface area (TPSA) is 73.5 Å². The lowest BCUT2D eigenvalue weighted by Crippen LogP contribution is -2.49. The normalized spacial score (nSPS) is 21.7. The summed E-state index contributed by atoms with van der Waals surface area (Å²) in [7, 11) is 1.68. The number of aromatic nitrogens is 2. The highest BCUT2D eigenvalue weighted by molar-refractivity contribution is 6.15. The number of halogens is 1. The minimum atomic E-state index is -0.398. The number of ether oxygens (including phenoxy) is 1. The molecule has 138 valence electrons. The summed E-state index contributed by atoms with van der Waals surface area (Å²) in [4.78, 5) is 11.5. The number of amidine groups is 1.